The number of aromatic amines is 1. The number of halogens is 1. The number of carbonyl (C=O) groups excluding carboxylic acids is 1. The van der Waals surface area contributed by atoms with E-state index >= 15 is 0 Å². The fourth-order valence-corrected chi connectivity index (χ4v) is 2.99. The van der Waals surface area contributed by atoms with E-state index in [-0.39, 0.29) is 22.9 Å². The van der Waals surface area contributed by atoms with Crippen molar-refractivity contribution in [1.29, 1.82) is 0 Å². The highest BCUT2D eigenvalue weighted by atomic mass is 35.7. The van der Waals surface area contributed by atoms with Crippen LogP contribution < -0.4 is 0 Å². The lowest BCUT2D eigenvalue weighted by atomic mass is 10.3. The van der Waals surface area contributed by atoms with Crippen LogP contribution in [0.25, 0.3) is 0 Å². The molecular formula is C10H13ClN2O4S. The Morgan fingerprint density at radius 3 is 2.78 bits per heavy atom. The smallest absolute Gasteiger partial charge is 0.360 e. The lowest BCUT2D eigenvalue weighted by molar-refractivity contribution is 0.0483. The highest BCUT2D eigenvalue weighted by Gasteiger charge is 2.28. The van der Waals surface area contributed by atoms with Crippen molar-refractivity contribution in [2.75, 3.05) is 6.61 Å². The molecule has 1 aliphatic rings. The third kappa shape index (κ3) is 3.02. The van der Waals surface area contributed by atoms with E-state index in [4.69, 9.17) is 15.4 Å². The zero-order chi connectivity index (χ0) is 13.3. The predicted octanol–water partition coefficient (Wildman–Crippen LogP) is 1.60. The Hall–Kier alpha value is -1.08. The van der Waals surface area contributed by atoms with Crippen LogP contribution in [0.2, 0.25) is 0 Å². The summed E-state index contributed by atoms with van der Waals surface area (Å²) in [5.74, 6) is -0.130. The quantitative estimate of drug-likeness (QED) is 0.658. The molecule has 1 fully saturated rings. The Balaban J connectivity index is 2.09. The first kappa shape index (κ1) is 13.4. The molecule has 0 atom stereocenters. The zero-order valence-corrected chi connectivity index (χ0v) is 11.3. The van der Waals surface area contributed by atoms with E-state index < -0.39 is 15.0 Å². The van der Waals surface area contributed by atoms with Crippen molar-refractivity contribution in [3.8, 4) is 0 Å². The highest BCUT2D eigenvalue weighted by molar-refractivity contribution is 8.13. The van der Waals surface area contributed by atoms with Crippen molar-refractivity contribution < 1.29 is 17.9 Å². The Bertz CT molecular complexity index is 562. The second kappa shape index (κ2) is 4.89. The molecule has 0 bridgehead atoms. The Kier molecular flexibility index (Phi) is 3.63. The fraction of sp³-hybridized carbons (Fsp3) is 0.600. The molecule has 1 aromatic rings. The van der Waals surface area contributed by atoms with Gasteiger partial charge in [-0.15, -0.1) is 0 Å². The van der Waals surface area contributed by atoms with Crippen LogP contribution in [-0.4, -0.2) is 31.2 Å². The maximum Gasteiger partial charge on any atom is 0.360 e. The zero-order valence-electron chi connectivity index (χ0n) is 9.77. The van der Waals surface area contributed by atoms with Crippen LogP contribution in [0.3, 0.4) is 0 Å². The van der Waals surface area contributed by atoms with Crippen molar-refractivity contribution in [2.24, 2.45) is 5.92 Å². The largest absolute Gasteiger partial charge is 0.461 e. The van der Waals surface area contributed by atoms with Gasteiger partial charge >= 0.3 is 5.97 Å². The minimum absolute atomic E-state index is 0.221. The number of H-pyrrole nitrogens is 1. The molecule has 1 aromatic heterocycles. The number of esters is 1. The van der Waals surface area contributed by atoms with Gasteiger partial charge in [-0.05, 0) is 19.3 Å². The fourth-order valence-electron chi connectivity index (χ4n) is 1.65. The molecule has 1 heterocycles. The molecule has 100 valence electrons. The van der Waals surface area contributed by atoms with Crippen LogP contribution in [-0.2, 0) is 13.8 Å². The third-order valence-electron chi connectivity index (χ3n) is 2.78. The highest BCUT2D eigenvalue weighted by Crippen LogP contribution is 2.32. The Morgan fingerprint density at radius 2 is 2.22 bits per heavy atom. The molecule has 18 heavy (non-hydrogen) atoms. The summed E-state index contributed by atoms with van der Waals surface area (Å²) in [6.07, 6.45) is 3.14. The van der Waals surface area contributed by atoms with Crippen LogP contribution in [0.4, 0.5) is 0 Å². The number of hydrogen-bond donors (Lipinski definition) is 1. The number of ether oxygens (including phenoxy) is 1. The standard InChI is InChI=1S/C10H13ClN2O4S/c1-6-9(18(11,15)16)8(13-12-6)10(14)17-5-4-7-2-3-7/h7H,2-5H2,1H3,(H,12,13). The summed E-state index contributed by atoms with van der Waals surface area (Å²) < 4.78 is 27.6. The van der Waals surface area contributed by atoms with E-state index in [2.05, 4.69) is 10.2 Å². The van der Waals surface area contributed by atoms with E-state index in [9.17, 15) is 13.2 Å². The summed E-state index contributed by atoms with van der Waals surface area (Å²) >= 11 is 0. The van der Waals surface area contributed by atoms with Gasteiger partial charge in [-0.1, -0.05) is 12.8 Å². The topological polar surface area (TPSA) is 89.1 Å². The van der Waals surface area contributed by atoms with E-state index in [0.29, 0.717) is 5.92 Å². The number of hydrogen-bond acceptors (Lipinski definition) is 5. The molecule has 0 radical (unpaired) electrons. The summed E-state index contributed by atoms with van der Waals surface area (Å²) in [7, 11) is 1.24. The minimum atomic E-state index is -4.02. The molecule has 0 saturated heterocycles. The Labute approximate surface area is 109 Å². The van der Waals surface area contributed by atoms with Crippen molar-refractivity contribution in [2.45, 2.75) is 31.1 Å². The van der Waals surface area contributed by atoms with Crippen LogP contribution in [0.5, 0.6) is 0 Å². The van der Waals surface area contributed by atoms with Crippen LogP contribution in [0.1, 0.15) is 35.4 Å². The van der Waals surface area contributed by atoms with Gasteiger partial charge in [-0.25, -0.2) is 13.2 Å². The second-order valence-corrected chi connectivity index (χ2v) is 6.83. The summed E-state index contributed by atoms with van der Waals surface area (Å²) in [5, 5.41) is 6.05. The van der Waals surface area contributed by atoms with Gasteiger partial charge < -0.3 is 4.74 Å². The van der Waals surface area contributed by atoms with E-state index in [1.165, 1.54) is 19.8 Å². The first-order chi connectivity index (χ1) is 8.39. The van der Waals surface area contributed by atoms with Crippen LogP contribution in [0.15, 0.2) is 4.90 Å². The number of rotatable bonds is 5. The molecule has 1 N–H and O–H groups in total. The van der Waals surface area contributed by atoms with Crippen molar-refractivity contribution in [3.05, 3.63) is 11.4 Å². The second-order valence-electron chi connectivity index (χ2n) is 4.33. The van der Waals surface area contributed by atoms with Gasteiger partial charge in [0.1, 0.15) is 4.90 Å². The minimum Gasteiger partial charge on any atom is -0.461 e. The van der Waals surface area contributed by atoms with Gasteiger partial charge in [0, 0.05) is 10.7 Å². The normalized spacial score (nSPS) is 15.7. The van der Waals surface area contributed by atoms with Gasteiger partial charge in [0.05, 0.1) is 12.3 Å². The lowest BCUT2D eigenvalue weighted by Crippen LogP contribution is -2.11. The maximum atomic E-state index is 11.7. The third-order valence-corrected chi connectivity index (χ3v) is 4.23. The molecule has 8 heteroatoms. The predicted molar refractivity (Wildman–Crippen MR) is 64.0 cm³/mol. The molecule has 6 nitrogen and oxygen atoms in total. The summed E-state index contributed by atoms with van der Waals surface area (Å²) in [6, 6.07) is 0. The van der Waals surface area contributed by atoms with E-state index in [1.54, 1.807) is 0 Å². The summed E-state index contributed by atoms with van der Waals surface area (Å²) in [6.45, 7) is 1.75. The molecule has 1 aliphatic carbocycles. The number of nitrogens with zero attached hydrogens (tertiary/aromatic N) is 1. The molecule has 0 aromatic carbocycles. The summed E-state index contributed by atoms with van der Waals surface area (Å²) in [4.78, 5) is 11.4. The summed E-state index contributed by atoms with van der Waals surface area (Å²) in [5.41, 5.74) is -0.0579. The number of aromatic nitrogens is 2. The first-order valence-electron chi connectivity index (χ1n) is 5.56. The van der Waals surface area contributed by atoms with Crippen molar-refractivity contribution in [3.63, 3.8) is 0 Å². The van der Waals surface area contributed by atoms with Crippen molar-refractivity contribution in [1.82, 2.24) is 10.2 Å². The molecular weight excluding hydrogens is 280 g/mol. The maximum absolute atomic E-state index is 11.7. The molecule has 2 rings (SSSR count). The SMILES string of the molecule is Cc1[nH]nc(C(=O)OCCC2CC2)c1S(=O)(=O)Cl. The molecule has 1 saturated carbocycles. The van der Waals surface area contributed by atoms with Gasteiger partial charge in [0.2, 0.25) is 0 Å². The monoisotopic (exact) mass is 292 g/mol. The molecule has 0 unspecified atom stereocenters. The van der Waals surface area contributed by atoms with Gasteiger partial charge in [-0.2, -0.15) is 5.10 Å². The van der Waals surface area contributed by atoms with E-state index in [0.717, 1.165) is 6.42 Å². The lowest BCUT2D eigenvalue weighted by Gasteiger charge is -2.03. The molecule has 0 aliphatic heterocycles. The van der Waals surface area contributed by atoms with Crippen molar-refractivity contribution >= 4 is 25.7 Å². The number of carbonyl (C=O) groups is 1. The number of nitrogens with one attached hydrogen (secondary N) is 1. The van der Waals surface area contributed by atoms with E-state index in [1.807, 2.05) is 0 Å². The Morgan fingerprint density at radius 1 is 1.56 bits per heavy atom. The average Bonchev–Trinajstić information content (AvgIpc) is 2.98. The van der Waals surface area contributed by atoms with Gasteiger partial charge in [-0.3, -0.25) is 5.10 Å². The van der Waals surface area contributed by atoms with Gasteiger partial charge in [0.25, 0.3) is 9.05 Å². The van der Waals surface area contributed by atoms with Gasteiger partial charge in [0.15, 0.2) is 5.69 Å². The number of aryl methyl sites for hydroxylation is 1. The average molecular weight is 293 g/mol. The van der Waals surface area contributed by atoms with Crippen LogP contribution in [0, 0.1) is 12.8 Å². The molecule has 0 amide bonds. The molecule has 0 spiro atoms. The van der Waals surface area contributed by atoms with Crippen LogP contribution >= 0.6 is 10.7 Å². The first-order valence-corrected chi connectivity index (χ1v) is 7.87.